The number of nitrogens with two attached hydrogens (primary N) is 1. The van der Waals surface area contributed by atoms with Gasteiger partial charge >= 0.3 is 0 Å². The fraction of sp³-hybridized carbons (Fsp3) is 0.100. The lowest BCUT2D eigenvalue weighted by Crippen LogP contribution is -1.97. The molecule has 0 saturated heterocycles. The predicted octanol–water partition coefficient (Wildman–Crippen LogP) is 4.95. The van der Waals surface area contributed by atoms with Crippen LogP contribution in [0.25, 0.3) is 32.9 Å². The largest absolute Gasteiger partial charge is 0.493 e. The predicted molar refractivity (Wildman–Crippen MR) is 108 cm³/mol. The molecular weight excluding hydrogens is 413 g/mol. The number of rotatable bonds is 3. The molecule has 0 amide bonds. The Morgan fingerprint density at radius 1 is 0.963 bits per heavy atom. The van der Waals surface area contributed by atoms with E-state index in [4.69, 9.17) is 15.2 Å². The van der Waals surface area contributed by atoms with Crippen LogP contribution in [0.1, 0.15) is 0 Å². The highest BCUT2D eigenvalue weighted by Crippen LogP contribution is 2.37. The number of ether oxygens (including phenoxy) is 2. The minimum Gasteiger partial charge on any atom is -0.493 e. The maximum Gasteiger partial charge on any atom is 0.162 e. The van der Waals surface area contributed by atoms with Crippen molar-refractivity contribution in [3.05, 3.63) is 52.9 Å². The van der Waals surface area contributed by atoms with E-state index in [0.29, 0.717) is 33.0 Å². The molecule has 5 nitrogen and oxygen atoms in total. The van der Waals surface area contributed by atoms with Crippen LogP contribution in [0.5, 0.6) is 11.5 Å². The number of fused-ring (bicyclic) bond motifs is 3. The summed E-state index contributed by atoms with van der Waals surface area (Å²) in [5, 5.41) is 2.42. The highest BCUT2D eigenvalue weighted by atomic mass is 79.9. The fourth-order valence-corrected chi connectivity index (χ4v) is 3.31. The molecular formula is C20H15BrFN3O2. The van der Waals surface area contributed by atoms with Gasteiger partial charge in [0, 0.05) is 28.6 Å². The van der Waals surface area contributed by atoms with Crippen LogP contribution in [0, 0.1) is 5.82 Å². The number of halogens is 2. The number of methoxy groups -OCH3 is 2. The second kappa shape index (κ2) is 6.66. The summed E-state index contributed by atoms with van der Waals surface area (Å²) < 4.78 is 25.1. The Morgan fingerprint density at radius 3 is 2.41 bits per heavy atom. The van der Waals surface area contributed by atoms with Crippen molar-refractivity contribution >= 4 is 43.4 Å². The number of aromatic nitrogens is 2. The molecule has 2 heterocycles. The third-order valence-electron chi connectivity index (χ3n) is 4.43. The van der Waals surface area contributed by atoms with Gasteiger partial charge in [-0.25, -0.2) is 9.37 Å². The maximum absolute atomic E-state index is 14.0. The van der Waals surface area contributed by atoms with Crippen molar-refractivity contribution in [1.82, 2.24) is 9.97 Å². The number of hydrogen-bond acceptors (Lipinski definition) is 5. The Balaban J connectivity index is 2.03. The van der Waals surface area contributed by atoms with Gasteiger partial charge in [-0.15, -0.1) is 0 Å². The minimum absolute atomic E-state index is 0.329. The van der Waals surface area contributed by atoms with Crippen LogP contribution < -0.4 is 15.2 Å². The molecule has 4 aromatic rings. The van der Waals surface area contributed by atoms with E-state index in [1.165, 1.54) is 6.07 Å². The first-order valence-electron chi connectivity index (χ1n) is 8.08. The van der Waals surface area contributed by atoms with Crippen LogP contribution in [0.3, 0.4) is 0 Å². The van der Waals surface area contributed by atoms with Gasteiger partial charge in [0.1, 0.15) is 11.6 Å². The van der Waals surface area contributed by atoms with Crippen molar-refractivity contribution in [3.8, 4) is 22.8 Å². The Labute approximate surface area is 163 Å². The molecule has 136 valence electrons. The van der Waals surface area contributed by atoms with Crippen LogP contribution in [0.2, 0.25) is 0 Å². The first-order valence-corrected chi connectivity index (χ1v) is 8.87. The zero-order chi connectivity index (χ0) is 19.1. The van der Waals surface area contributed by atoms with Crippen LogP contribution >= 0.6 is 15.9 Å². The molecule has 4 rings (SSSR count). The highest BCUT2D eigenvalue weighted by molar-refractivity contribution is 9.10. The van der Waals surface area contributed by atoms with Gasteiger partial charge in [0.25, 0.3) is 0 Å². The van der Waals surface area contributed by atoms with Crippen molar-refractivity contribution < 1.29 is 13.9 Å². The SMILES string of the molecule is COc1cc2ncc3c(N)nc(-c4ccc(Br)c(F)c4)cc3c2cc1OC. The van der Waals surface area contributed by atoms with Gasteiger partial charge in [0.05, 0.1) is 29.9 Å². The molecule has 0 saturated carbocycles. The summed E-state index contributed by atoms with van der Waals surface area (Å²) in [7, 11) is 3.15. The average Bonchev–Trinajstić information content (AvgIpc) is 2.68. The third kappa shape index (κ3) is 2.94. The van der Waals surface area contributed by atoms with Crippen LogP contribution in [-0.2, 0) is 0 Å². The van der Waals surface area contributed by atoms with Gasteiger partial charge in [-0.2, -0.15) is 0 Å². The summed E-state index contributed by atoms with van der Waals surface area (Å²) in [5.74, 6) is 1.15. The maximum atomic E-state index is 14.0. The fourth-order valence-electron chi connectivity index (χ4n) is 3.06. The molecule has 0 aliphatic rings. The molecule has 0 fully saturated rings. The number of benzene rings is 2. The van der Waals surface area contributed by atoms with Crippen molar-refractivity contribution in [3.63, 3.8) is 0 Å². The van der Waals surface area contributed by atoms with Gasteiger partial charge < -0.3 is 15.2 Å². The van der Waals surface area contributed by atoms with E-state index in [1.54, 1.807) is 32.5 Å². The number of nitrogen functional groups attached to an aromatic ring is 1. The molecule has 0 aliphatic carbocycles. The standard InChI is InChI=1S/C20H15BrFN3O2/c1-26-18-7-12-11-6-16(10-3-4-14(21)15(22)5-10)25-20(23)13(11)9-24-17(12)8-19(18)27-2/h3-9H,1-2H3,(H2,23,25). The molecule has 2 N–H and O–H groups in total. The summed E-state index contributed by atoms with van der Waals surface area (Å²) in [6.07, 6.45) is 1.68. The number of anilines is 1. The molecule has 0 bridgehead atoms. The zero-order valence-corrected chi connectivity index (χ0v) is 16.2. The number of nitrogens with zero attached hydrogens (tertiary/aromatic N) is 2. The van der Waals surface area contributed by atoms with E-state index in [-0.39, 0.29) is 5.82 Å². The Morgan fingerprint density at radius 2 is 1.70 bits per heavy atom. The van der Waals surface area contributed by atoms with Crippen molar-refractivity contribution in [1.29, 1.82) is 0 Å². The van der Waals surface area contributed by atoms with Gasteiger partial charge in [-0.1, -0.05) is 6.07 Å². The van der Waals surface area contributed by atoms with E-state index in [2.05, 4.69) is 25.9 Å². The van der Waals surface area contributed by atoms with Gasteiger partial charge in [0.2, 0.25) is 0 Å². The summed E-state index contributed by atoms with van der Waals surface area (Å²) >= 11 is 3.16. The van der Waals surface area contributed by atoms with Crippen molar-refractivity contribution in [2.45, 2.75) is 0 Å². The lowest BCUT2D eigenvalue weighted by Gasteiger charge is -2.12. The molecule has 0 radical (unpaired) electrons. The lowest BCUT2D eigenvalue weighted by atomic mass is 10.0. The summed E-state index contributed by atoms with van der Waals surface area (Å²) in [4.78, 5) is 8.89. The van der Waals surface area contributed by atoms with E-state index < -0.39 is 0 Å². The zero-order valence-electron chi connectivity index (χ0n) is 14.6. The van der Waals surface area contributed by atoms with Crippen LogP contribution in [0.15, 0.2) is 47.1 Å². The second-order valence-corrected chi connectivity index (χ2v) is 6.82. The van der Waals surface area contributed by atoms with E-state index >= 15 is 0 Å². The van der Waals surface area contributed by atoms with Crippen molar-refractivity contribution in [2.24, 2.45) is 0 Å². The normalized spacial score (nSPS) is 11.1. The van der Waals surface area contributed by atoms with Crippen molar-refractivity contribution in [2.75, 3.05) is 20.0 Å². The quantitative estimate of drug-likeness (QED) is 0.468. The number of hydrogen-bond donors (Lipinski definition) is 1. The topological polar surface area (TPSA) is 70.3 Å². The summed E-state index contributed by atoms with van der Waals surface area (Å²) in [6.45, 7) is 0. The molecule has 2 aromatic carbocycles. The molecule has 0 unspecified atom stereocenters. The van der Waals surface area contributed by atoms with Crippen LogP contribution in [-0.4, -0.2) is 24.2 Å². The molecule has 27 heavy (non-hydrogen) atoms. The Bertz CT molecular complexity index is 1200. The smallest absolute Gasteiger partial charge is 0.162 e. The van der Waals surface area contributed by atoms with E-state index in [1.807, 2.05) is 18.2 Å². The summed E-state index contributed by atoms with van der Waals surface area (Å²) in [5.41, 5.74) is 8.12. The second-order valence-electron chi connectivity index (χ2n) is 5.97. The van der Waals surface area contributed by atoms with E-state index in [0.717, 1.165) is 21.7 Å². The third-order valence-corrected chi connectivity index (χ3v) is 5.07. The Hall–Kier alpha value is -2.93. The van der Waals surface area contributed by atoms with Gasteiger partial charge in [0.15, 0.2) is 11.5 Å². The first-order chi connectivity index (χ1) is 13.0. The molecule has 0 aliphatic heterocycles. The minimum atomic E-state index is -0.362. The molecule has 0 spiro atoms. The first kappa shape index (κ1) is 17.5. The monoisotopic (exact) mass is 427 g/mol. The Kier molecular flexibility index (Phi) is 4.31. The number of pyridine rings is 2. The molecule has 0 atom stereocenters. The van der Waals surface area contributed by atoms with E-state index in [9.17, 15) is 4.39 Å². The summed E-state index contributed by atoms with van der Waals surface area (Å²) in [6, 6.07) is 10.4. The van der Waals surface area contributed by atoms with Gasteiger partial charge in [-0.3, -0.25) is 4.98 Å². The van der Waals surface area contributed by atoms with Crippen LogP contribution in [0.4, 0.5) is 10.2 Å². The lowest BCUT2D eigenvalue weighted by molar-refractivity contribution is 0.356. The molecule has 7 heteroatoms. The average molecular weight is 428 g/mol. The molecule has 2 aromatic heterocycles. The highest BCUT2D eigenvalue weighted by Gasteiger charge is 2.14. The van der Waals surface area contributed by atoms with Gasteiger partial charge in [-0.05, 0) is 45.6 Å².